The van der Waals surface area contributed by atoms with Gasteiger partial charge in [-0.05, 0) is 73.9 Å². The normalized spacial score (nSPS) is 14.5. The Hall–Kier alpha value is -3.70. The number of pyridine rings is 1. The Balaban J connectivity index is 1.65. The molecule has 6 heteroatoms. The summed E-state index contributed by atoms with van der Waals surface area (Å²) in [5.41, 5.74) is 6.66. The van der Waals surface area contributed by atoms with Gasteiger partial charge in [0.1, 0.15) is 0 Å². The molecule has 162 valence electrons. The molecule has 3 aliphatic rings. The van der Waals surface area contributed by atoms with Crippen molar-refractivity contribution in [1.29, 1.82) is 0 Å². The quantitative estimate of drug-likeness (QED) is 0.323. The van der Waals surface area contributed by atoms with E-state index < -0.39 is 0 Å². The van der Waals surface area contributed by atoms with Crippen LogP contribution in [-0.4, -0.2) is 20.6 Å². The van der Waals surface area contributed by atoms with Gasteiger partial charge in [-0.25, -0.2) is 4.98 Å². The Kier molecular flexibility index (Phi) is 5.04. The highest BCUT2D eigenvalue weighted by atomic mass is 35.5. The van der Waals surface area contributed by atoms with Gasteiger partial charge in [0.2, 0.25) is 0 Å². The monoisotopic (exact) mass is 451 g/mol. The second kappa shape index (κ2) is 8.34. The number of anilines is 2. The van der Waals surface area contributed by atoms with Crippen LogP contribution < -0.4 is 10.7 Å². The lowest BCUT2D eigenvalue weighted by Gasteiger charge is -2.23. The smallest absolute Gasteiger partial charge is 0.0900 e. The van der Waals surface area contributed by atoms with Crippen molar-refractivity contribution >= 4 is 34.0 Å². The van der Waals surface area contributed by atoms with Crippen molar-refractivity contribution in [2.24, 2.45) is 4.99 Å². The van der Waals surface area contributed by atoms with Crippen LogP contribution in [0.5, 0.6) is 0 Å². The van der Waals surface area contributed by atoms with Gasteiger partial charge in [-0.1, -0.05) is 29.8 Å². The predicted molar refractivity (Wildman–Crippen MR) is 133 cm³/mol. The second-order valence-corrected chi connectivity index (χ2v) is 8.79. The molecule has 1 fully saturated rings. The third-order valence-electron chi connectivity index (χ3n) is 6.10. The van der Waals surface area contributed by atoms with Crippen molar-refractivity contribution in [3.8, 4) is 17.1 Å². The molecule has 0 unspecified atom stereocenters. The number of hydrogen-bond donors (Lipinski definition) is 1. The Morgan fingerprint density at radius 1 is 0.970 bits per heavy atom. The molecule has 0 saturated heterocycles. The van der Waals surface area contributed by atoms with E-state index in [1.807, 2.05) is 54.7 Å². The largest absolute Gasteiger partial charge is 0.352 e. The third-order valence-corrected chi connectivity index (χ3v) is 6.34. The van der Waals surface area contributed by atoms with Crippen LogP contribution in [-0.2, 0) is 0 Å². The lowest BCUT2D eigenvalue weighted by Crippen LogP contribution is -2.22. The van der Waals surface area contributed by atoms with E-state index in [-0.39, 0.29) is 0 Å². The number of fused-ring (bicyclic) bond motifs is 2. The van der Waals surface area contributed by atoms with Crippen molar-refractivity contribution in [2.45, 2.75) is 25.3 Å². The van der Waals surface area contributed by atoms with Crippen molar-refractivity contribution in [2.75, 3.05) is 5.32 Å². The minimum Gasteiger partial charge on any atom is -0.352 e. The predicted octanol–water partition coefficient (Wildman–Crippen LogP) is 6.38. The Labute approximate surface area is 196 Å². The number of nitrogens with one attached hydrogen (secondary N) is 1. The van der Waals surface area contributed by atoms with E-state index in [0.717, 1.165) is 57.7 Å². The number of aromatic nitrogens is 3. The van der Waals surface area contributed by atoms with Crippen LogP contribution in [0.4, 0.5) is 11.4 Å². The molecule has 6 rings (SSSR count). The number of hydrogen-bond acceptors (Lipinski definition) is 4. The first-order valence-electron chi connectivity index (χ1n) is 11.2. The number of nitrogens with zero attached hydrogens (tertiary/aromatic N) is 4. The number of rotatable bonds is 4. The van der Waals surface area contributed by atoms with Gasteiger partial charge in [-0.2, -0.15) is 0 Å². The molecule has 0 atom stereocenters. The first-order chi connectivity index (χ1) is 16.2. The summed E-state index contributed by atoms with van der Waals surface area (Å²) >= 11 is 6.38. The molecule has 0 amide bonds. The summed E-state index contributed by atoms with van der Waals surface area (Å²) in [6.07, 6.45) is 7.09. The summed E-state index contributed by atoms with van der Waals surface area (Å²) in [6, 6.07) is 24.6. The molecular formula is C27H22ClN5. The summed E-state index contributed by atoms with van der Waals surface area (Å²) in [6.45, 7) is 0. The highest BCUT2D eigenvalue weighted by Gasteiger charge is 2.19. The molecular weight excluding hydrogens is 430 g/mol. The summed E-state index contributed by atoms with van der Waals surface area (Å²) in [5, 5.41) is 5.14. The van der Waals surface area contributed by atoms with Gasteiger partial charge >= 0.3 is 0 Å². The topological polar surface area (TPSA) is 55.1 Å². The van der Waals surface area contributed by atoms with Gasteiger partial charge in [0.15, 0.2) is 0 Å². The van der Waals surface area contributed by atoms with Crippen LogP contribution in [0.2, 0.25) is 5.02 Å². The molecule has 1 aromatic heterocycles. The van der Waals surface area contributed by atoms with Gasteiger partial charge in [0.25, 0.3) is 0 Å². The van der Waals surface area contributed by atoms with E-state index in [4.69, 9.17) is 21.6 Å². The van der Waals surface area contributed by atoms with Crippen LogP contribution in [0.15, 0.2) is 90.2 Å². The first kappa shape index (κ1) is 19.9. The molecule has 0 bridgehead atoms. The van der Waals surface area contributed by atoms with E-state index in [1.165, 1.54) is 6.42 Å². The Bertz CT molecular complexity index is 1490. The van der Waals surface area contributed by atoms with E-state index in [1.54, 1.807) is 6.20 Å². The minimum atomic E-state index is 0.366. The number of halogens is 1. The summed E-state index contributed by atoms with van der Waals surface area (Å²) in [5.74, 6) is 0. The lowest BCUT2D eigenvalue weighted by atomic mass is 9.94. The van der Waals surface area contributed by atoms with Gasteiger partial charge in [0, 0.05) is 16.9 Å². The molecule has 0 spiro atoms. The molecule has 2 aromatic carbocycles. The molecule has 33 heavy (non-hydrogen) atoms. The zero-order valence-electron chi connectivity index (χ0n) is 17.9. The molecule has 3 aromatic rings. The van der Waals surface area contributed by atoms with Gasteiger partial charge < -0.3 is 9.88 Å². The highest BCUT2D eigenvalue weighted by molar-refractivity contribution is 6.30. The first-order valence-corrected chi connectivity index (χ1v) is 11.5. The van der Waals surface area contributed by atoms with Crippen LogP contribution >= 0.6 is 11.6 Å². The zero-order valence-corrected chi connectivity index (χ0v) is 18.7. The molecule has 2 heterocycles. The van der Waals surface area contributed by atoms with Crippen molar-refractivity contribution in [3.63, 3.8) is 0 Å². The van der Waals surface area contributed by atoms with E-state index in [2.05, 4.69) is 39.1 Å². The summed E-state index contributed by atoms with van der Waals surface area (Å²) in [4.78, 5) is 14.3. The molecule has 1 N–H and O–H groups in total. The van der Waals surface area contributed by atoms with Gasteiger partial charge in [-0.15, -0.1) is 0 Å². The molecule has 0 radical (unpaired) electrons. The average molecular weight is 452 g/mol. The fourth-order valence-corrected chi connectivity index (χ4v) is 4.43. The van der Waals surface area contributed by atoms with Crippen LogP contribution in [0.25, 0.3) is 28.1 Å². The third kappa shape index (κ3) is 3.85. The van der Waals surface area contributed by atoms with E-state index >= 15 is 0 Å². The van der Waals surface area contributed by atoms with Crippen molar-refractivity contribution in [3.05, 3.63) is 95.6 Å². The maximum Gasteiger partial charge on any atom is 0.0900 e. The second-order valence-electron chi connectivity index (χ2n) is 8.35. The highest BCUT2D eigenvalue weighted by Crippen LogP contribution is 2.31. The van der Waals surface area contributed by atoms with Crippen molar-refractivity contribution in [1.82, 2.24) is 14.5 Å². The fourth-order valence-electron chi connectivity index (χ4n) is 4.25. The van der Waals surface area contributed by atoms with Gasteiger partial charge in [0.05, 0.1) is 51.4 Å². The SMILES string of the molecule is Clc1cccc(-n2c3c/c(=N\C4CCC4)c(Nc4cccnc4)cc-3nc3ccccc32)c1. The van der Waals surface area contributed by atoms with Gasteiger partial charge in [-0.3, -0.25) is 9.98 Å². The standard InChI is InChI=1S/C27H22ClN5/c28-18-6-3-10-21(14-18)33-26-12-2-1-11-22(26)32-25-15-23(31-20-9-5-13-29-17-20)24(16-27(25)33)30-19-7-4-8-19/h1-3,5-6,9-17,19,31H,4,7-8H2/b30-24+. The fraction of sp³-hybridized carbons (Fsp3) is 0.148. The van der Waals surface area contributed by atoms with E-state index in [9.17, 15) is 0 Å². The van der Waals surface area contributed by atoms with Crippen LogP contribution in [0.3, 0.4) is 0 Å². The van der Waals surface area contributed by atoms with Crippen LogP contribution in [0.1, 0.15) is 19.3 Å². The maximum atomic E-state index is 6.38. The summed E-state index contributed by atoms with van der Waals surface area (Å²) < 4.78 is 2.22. The zero-order chi connectivity index (χ0) is 22.2. The van der Waals surface area contributed by atoms with Crippen molar-refractivity contribution < 1.29 is 0 Å². The number of para-hydroxylation sites is 2. The molecule has 2 aliphatic carbocycles. The molecule has 1 aliphatic heterocycles. The maximum absolute atomic E-state index is 6.38. The molecule has 5 nitrogen and oxygen atoms in total. The van der Waals surface area contributed by atoms with Crippen LogP contribution in [0, 0.1) is 0 Å². The Morgan fingerprint density at radius 2 is 1.88 bits per heavy atom. The summed E-state index contributed by atoms with van der Waals surface area (Å²) in [7, 11) is 0. The number of benzene rings is 3. The van der Waals surface area contributed by atoms with E-state index in [0.29, 0.717) is 11.1 Å². The lowest BCUT2D eigenvalue weighted by molar-refractivity contribution is 0.413. The minimum absolute atomic E-state index is 0.366. The molecule has 1 saturated carbocycles. The average Bonchev–Trinajstić information content (AvgIpc) is 2.81. The Morgan fingerprint density at radius 3 is 2.67 bits per heavy atom.